The van der Waals surface area contributed by atoms with Crippen LogP contribution in [0.1, 0.15) is 45.2 Å². The molecule has 47 heavy (non-hydrogen) atoms. The van der Waals surface area contributed by atoms with Crippen LogP contribution in [0.3, 0.4) is 0 Å². The predicted molar refractivity (Wildman–Crippen MR) is 185 cm³/mol. The SMILES string of the molecule is CNC(=O)NCc1ccccc1-c1ccc(CN2C(=O)[C@H](NC(=O)CC(C)(C)NC[C@H]3COC(C)(C)O3)CSc3ccccc32)cc1. The summed E-state index contributed by atoms with van der Waals surface area (Å²) in [5.41, 5.74) is 4.32. The smallest absolute Gasteiger partial charge is 0.314 e. The molecule has 11 heteroatoms. The van der Waals surface area contributed by atoms with E-state index in [1.165, 1.54) is 0 Å². The van der Waals surface area contributed by atoms with Crippen LogP contribution in [0.4, 0.5) is 10.5 Å². The van der Waals surface area contributed by atoms with Crippen LogP contribution in [-0.2, 0) is 32.2 Å². The van der Waals surface area contributed by atoms with Crippen LogP contribution in [0.15, 0.2) is 77.7 Å². The first kappa shape index (κ1) is 34.4. The minimum Gasteiger partial charge on any atom is -0.348 e. The number of rotatable bonds is 11. The van der Waals surface area contributed by atoms with Gasteiger partial charge in [0.05, 0.1) is 24.9 Å². The fourth-order valence-electron chi connectivity index (χ4n) is 5.78. The van der Waals surface area contributed by atoms with Crippen LogP contribution in [0.2, 0.25) is 0 Å². The molecule has 0 aliphatic carbocycles. The van der Waals surface area contributed by atoms with Gasteiger partial charge >= 0.3 is 6.03 Å². The summed E-state index contributed by atoms with van der Waals surface area (Å²) in [4.78, 5) is 41.9. The number of thioether (sulfide) groups is 1. The number of fused-ring (bicyclic) bond motifs is 1. The summed E-state index contributed by atoms with van der Waals surface area (Å²) in [6.07, 6.45) is 0.113. The molecule has 2 aliphatic heterocycles. The third-order valence-electron chi connectivity index (χ3n) is 8.23. The molecule has 0 bridgehead atoms. The first-order valence-corrected chi connectivity index (χ1v) is 16.9. The predicted octanol–water partition coefficient (Wildman–Crippen LogP) is 4.82. The monoisotopic (exact) mass is 659 g/mol. The molecule has 0 spiro atoms. The van der Waals surface area contributed by atoms with E-state index in [4.69, 9.17) is 9.47 Å². The van der Waals surface area contributed by atoms with Crippen molar-refractivity contribution >= 4 is 35.3 Å². The quantitative estimate of drug-likeness (QED) is 0.233. The number of benzene rings is 3. The Morgan fingerprint density at radius 2 is 1.74 bits per heavy atom. The Labute approximate surface area is 281 Å². The molecule has 0 aromatic heterocycles. The average molecular weight is 660 g/mol. The standard InChI is InChI=1S/C36H45N5O5S/c1-35(2,39-20-27-22-45-36(3,4)46-27)18-32(42)40-29-23-47-31-13-9-8-12-30(31)41(33(29)43)21-24-14-16-25(17-15-24)28-11-7-6-10-26(28)19-38-34(44)37-5/h6-17,27,29,39H,18-23H2,1-5H3,(H,40,42)(H2,37,38,44)/t27-,29+/m0/s1. The van der Waals surface area contributed by atoms with Crippen molar-refractivity contribution in [3.05, 3.63) is 83.9 Å². The van der Waals surface area contributed by atoms with E-state index in [0.717, 1.165) is 32.8 Å². The van der Waals surface area contributed by atoms with E-state index in [-0.39, 0.29) is 30.4 Å². The topological polar surface area (TPSA) is 121 Å². The molecule has 2 atom stereocenters. The Hall–Kier alpha value is -3.90. The van der Waals surface area contributed by atoms with Gasteiger partial charge < -0.3 is 35.6 Å². The maximum absolute atomic E-state index is 14.1. The Balaban J connectivity index is 1.26. The van der Waals surface area contributed by atoms with Crippen molar-refractivity contribution < 1.29 is 23.9 Å². The molecule has 250 valence electrons. The van der Waals surface area contributed by atoms with E-state index in [0.29, 0.717) is 32.0 Å². The van der Waals surface area contributed by atoms with Crippen LogP contribution in [0.5, 0.6) is 0 Å². The van der Waals surface area contributed by atoms with Gasteiger partial charge in [0.15, 0.2) is 5.79 Å². The molecule has 5 rings (SSSR count). The summed E-state index contributed by atoms with van der Waals surface area (Å²) in [7, 11) is 1.59. The van der Waals surface area contributed by atoms with Crippen molar-refractivity contribution in [1.29, 1.82) is 0 Å². The molecule has 0 unspecified atom stereocenters. The number of carbonyl (C=O) groups excluding carboxylic acids is 3. The van der Waals surface area contributed by atoms with Crippen molar-refractivity contribution in [3.63, 3.8) is 0 Å². The van der Waals surface area contributed by atoms with Gasteiger partial charge in [0.2, 0.25) is 5.91 Å². The zero-order valence-electron chi connectivity index (χ0n) is 27.7. The van der Waals surface area contributed by atoms with Crippen molar-refractivity contribution in [3.8, 4) is 11.1 Å². The number of amides is 4. The summed E-state index contributed by atoms with van der Waals surface area (Å²) < 4.78 is 11.5. The highest BCUT2D eigenvalue weighted by molar-refractivity contribution is 7.99. The number of nitrogens with zero attached hydrogens (tertiary/aromatic N) is 1. The van der Waals surface area contributed by atoms with Crippen molar-refractivity contribution in [2.24, 2.45) is 0 Å². The second-order valence-corrected chi connectivity index (χ2v) is 14.1. The van der Waals surface area contributed by atoms with E-state index >= 15 is 0 Å². The second kappa shape index (κ2) is 14.9. The van der Waals surface area contributed by atoms with E-state index < -0.39 is 17.4 Å². The fourth-order valence-corrected chi connectivity index (χ4v) is 6.85. The van der Waals surface area contributed by atoms with Gasteiger partial charge in [-0.05, 0) is 62.1 Å². The van der Waals surface area contributed by atoms with Gasteiger partial charge in [-0.15, -0.1) is 11.8 Å². The zero-order chi connectivity index (χ0) is 33.6. The lowest BCUT2D eigenvalue weighted by Gasteiger charge is -2.29. The molecule has 10 nitrogen and oxygen atoms in total. The van der Waals surface area contributed by atoms with Gasteiger partial charge in [-0.2, -0.15) is 0 Å². The van der Waals surface area contributed by atoms with Crippen molar-refractivity contribution in [2.75, 3.05) is 30.9 Å². The summed E-state index contributed by atoms with van der Waals surface area (Å²) >= 11 is 1.57. The highest BCUT2D eigenvalue weighted by Gasteiger charge is 2.35. The van der Waals surface area contributed by atoms with Crippen LogP contribution in [-0.4, -0.2) is 67.3 Å². The summed E-state index contributed by atoms with van der Waals surface area (Å²) in [5.74, 6) is -0.497. The van der Waals surface area contributed by atoms with Gasteiger partial charge in [0.1, 0.15) is 6.04 Å². The molecule has 2 heterocycles. The van der Waals surface area contributed by atoms with Crippen LogP contribution in [0, 0.1) is 0 Å². The summed E-state index contributed by atoms with van der Waals surface area (Å²) in [5, 5.41) is 11.9. The average Bonchev–Trinajstić information content (AvgIpc) is 3.36. The first-order chi connectivity index (χ1) is 22.4. The van der Waals surface area contributed by atoms with Gasteiger partial charge in [0, 0.05) is 42.7 Å². The number of hydrogen-bond acceptors (Lipinski definition) is 7. The van der Waals surface area contributed by atoms with Gasteiger partial charge in [-0.25, -0.2) is 4.79 Å². The molecule has 2 aliphatic rings. The molecule has 3 aromatic rings. The van der Waals surface area contributed by atoms with Gasteiger partial charge in [0.25, 0.3) is 5.91 Å². The Morgan fingerprint density at radius 1 is 1.02 bits per heavy atom. The molecule has 4 amide bonds. The maximum atomic E-state index is 14.1. The molecule has 0 radical (unpaired) electrons. The van der Waals surface area contributed by atoms with Gasteiger partial charge in [-0.1, -0.05) is 60.7 Å². The Morgan fingerprint density at radius 3 is 2.47 bits per heavy atom. The molecule has 1 fully saturated rings. The highest BCUT2D eigenvalue weighted by atomic mass is 32.2. The number of para-hydroxylation sites is 1. The maximum Gasteiger partial charge on any atom is 0.314 e. The van der Waals surface area contributed by atoms with Gasteiger partial charge in [-0.3, -0.25) is 9.59 Å². The Bertz CT molecular complexity index is 1580. The number of ether oxygens (including phenoxy) is 2. The zero-order valence-corrected chi connectivity index (χ0v) is 28.5. The molecule has 1 saturated heterocycles. The lowest BCUT2D eigenvalue weighted by molar-refractivity contribution is -0.138. The minimum absolute atomic E-state index is 0.0888. The summed E-state index contributed by atoms with van der Waals surface area (Å²) in [6.45, 7) is 9.54. The molecular formula is C36H45N5O5S. The van der Waals surface area contributed by atoms with E-state index in [1.807, 2.05) is 100 Å². The number of urea groups is 1. The lowest BCUT2D eigenvalue weighted by atomic mass is 9.98. The molecule has 3 aromatic carbocycles. The Kier molecular flexibility index (Phi) is 10.9. The van der Waals surface area contributed by atoms with Crippen LogP contribution in [0.25, 0.3) is 11.1 Å². The van der Waals surface area contributed by atoms with Crippen LogP contribution >= 0.6 is 11.8 Å². The third-order valence-corrected chi connectivity index (χ3v) is 9.38. The summed E-state index contributed by atoms with van der Waals surface area (Å²) in [6, 6.07) is 23.0. The second-order valence-electron chi connectivity index (χ2n) is 13.0. The van der Waals surface area contributed by atoms with Crippen molar-refractivity contribution in [2.45, 2.75) is 75.6 Å². The number of anilines is 1. The largest absolute Gasteiger partial charge is 0.348 e. The fraction of sp³-hybridized carbons (Fsp3) is 0.417. The molecule has 4 N–H and O–H groups in total. The van der Waals surface area contributed by atoms with Crippen molar-refractivity contribution in [1.82, 2.24) is 21.3 Å². The van der Waals surface area contributed by atoms with E-state index in [1.54, 1.807) is 23.7 Å². The highest BCUT2D eigenvalue weighted by Crippen LogP contribution is 2.35. The molecular weight excluding hydrogens is 614 g/mol. The number of nitrogens with one attached hydrogen (secondary N) is 4. The minimum atomic E-state index is -0.679. The first-order valence-electron chi connectivity index (χ1n) is 16.0. The van der Waals surface area contributed by atoms with E-state index in [9.17, 15) is 14.4 Å². The lowest BCUT2D eigenvalue weighted by Crippen LogP contribution is -2.52. The third kappa shape index (κ3) is 9.13. The molecule has 0 saturated carbocycles. The number of hydrogen-bond donors (Lipinski definition) is 4. The normalized spacial score (nSPS) is 19.1. The van der Waals surface area contributed by atoms with E-state index in [2.05, 4.69) is 21.3 Å². The number of carbonyl (C=O) groups is 3. The van der Waals surface area contributed by atoms with Crippen LogP contribution < -0.4 is 26.2 Å².